The summed E-state index contributed by atoms with van der Waals surface area (Å²) >= 11 is 0. The summed E-state index contributed by atoms with van der Waals surface area (Å²) in [6, 6.07) is 9.53. The Morgan fingerprint density at radius 3 is 2.70 bits per heavy atom. The lowest BCUT2D eigenvalue weighted by Crippen LogP contribution is -2.39. The highest BCUT2D eigenvalue weighted by Crippen LogP contribution is 2.27. The monoisotopic (exact) mass is 369 g/mol. The van der Waals surface area contributed by atoms with Crippen LogP contribution < -0.4 is 0 Å². The molecule has 1 aromatic carbocycles. The number of ether oxygens (including phenoxy) is 1. The van der Waals surface area contributed by atoms with Gasteiger partial charge in [0.15, 0.2) is 0 Å². The maximum Gasteiger partial charge on any atom is 0.253 e. The third-order valence-electron chi connectivity index (χ3n) is 5.56. The topological polar surface area (TPSA) is 63.5 Å². The number of likely N-dealkylation sites (tertiary alicyclic amines) is 1. The standard InChI is InChI=1S/C20H27N5O2/c1-23-18(15-24-10-12-27-13-11-24)21-22-19(23)17-8-5-9-25(14-17)20(26)16-6-3-2-4-7-16/h2-4,6-7,17H,5,8-15H2,1H3. The Balaban J connectivity index is 1.44. The van der Waals surface area contributed by atoms with Crippen LogP contribution in [0.3, 0.4) is 0 Å². The van der Waals surface area contributed by atoms with Crippen molar-refractivity contribution in [3.63, 3.8) is 0 Å². The molecule has 1 unspecified atom stereocenters. The molecule has 7 heteroatoms. The Morgan fingerprint density at radius 1 is 1.15 bits per heavy atom. The summed E-state index contributed by atoms with van der Waals surface area (Å²) in [6.45, 7) is 5.75. The highest BCUT2D eigenvalue weighted by Gasteiger charge is 2.29. The summed E-state index contributed by atoms with van der Waals surface area (Å²) in [4.78, 5) is 17.1. The van der Waals surface area contributed by atoms with Gasteiger partial charge in [0.05, 0.1) is 19.8 Å². The first-order chi connectivity index (χ1) is 13.2. The summed E-state index contributed by atoms with van der Waals surface area (Å²) in [5.74, 6) is 2.32. The van der Waals surface area contributed by atoms with Gasteiger partial charge in [0.1, 0.15) is 11.6 Å². The van der Waals surface area contributed by atoms with Crippen LogP contribution >= 0.6 is 0 Å². The summed E-state index contributed by atoms with van der Waals surface area (Å²) in [7, 11) is 2.04. The van der Waals surface area contributed by atoms with Crippen molar-refractivity contribution in [2.24, 2.45) is 7.05 Å². The number of nitrogens with zero attached hydrogens (tertiary/aromatic N) is 5. The van der Waals surface area contributed by atoms with Crippen LogP contribution in [0.25, 0.3) is 0 Å². The van der Waals surface area contributed by atoms with E-state index in [9.17, 15) is 4.79 Å². The summed E-state index contributed by atoms with van der Waals surface area (Å²) < 4.78 is 7.54. The van der Waals surface area contributed by atoms with Gasteiger partial charge in [-0.1, -0.05) is 18.2 Å². The van der Waals surface area contributed by atoms with Crippen LogP contribution in [-0.2, 0) is 18.3 Å². The van der Waals surface area contributed by atoms with Crippen molar-refractivity contribution >= 4 is 5.91 Å². The molecule has 7 nitrogen and oxygen atoms in total. The van der Waals surface area contributed by atoms with E-state index in [1.54, 1.807) is 0 Å². The van der Waals surface area contributed by atoms with Gasteiger partial charge in [-0.25, -0.2) is 0 Å². The van der Waals surface area contributed by atoms with Crippen LogP contribution in [0.5, 0.6) is 0 Å². The second kappa shape index (κ2) is 8.19. The zero-order valence-electron chi connectivity index (χ0n) is 15.9. The average molecular weight is 369 g/mol. The third kappa shape index (κ3) is 4.04. The van der Waals surface area contributed by atoms with E-state index < -0.39 is 0 Å². The van der Waals surface area contributed by atoms with Crippen LogP contribution in [0.2, 0.25) is 0 Å². The quantitative estimate of drug-likeness (QED) is 0.820. The lowest BCUT2D eigenvalue weighted by atomic mass is 9.96. The molecule has 0 aliphatic carbocycles. The van der Waals surface area contributed by atoms with E-state index in [1.807, 2.05) is 42.3 Å². The van der Waals surface area contributed by atoms with Crippen LogP contribution in [0.4, 0.5) is 0 Å². The molecule has 0 N–H and O–H groups in total. The summed E-state index contributed by atoms with van der Waals surface area (Å²) in [5, 5.41) is 8.93. The minimum Gasteiger partial charge on any atom is -0.379 e. The van der Waals surface area contributed by atoms with Gasteiger partial charge in [-0.05, 0) is 25.0 Å². The minimum atomic E-state index is 0.107. The highest BCUT2D eigenvalue weighted by molar-refractivity contribution is 5.94. The van der Waals surface area contributed by atoms with Crippen molar-refractivity contribution < 1.29 is 9.53 Å². The molecule has 0 bridgehead atoms. The minimum absolute atomic E-state index is 0.107. The molecule has 2 saturated heterocycles. The van der Waals surface area contributed by atoms with E-state index in [0.29, 0.717) is 6.54 Å². The Morgan fingerprint density at radius 2 is 1.93 bits per heavy atom. The van der Waals surface area contributed by atoms with Gasteiger partial charge < -0.3 is 14.2 Å². The van der Waals surface area contributed by atoms with Gasteiger partial charge in [0.25, 0.3) is 5.91 Å². The molecule has 1 atom stereocenters. The molecule has 2 fully saturated rings. The molecule has 0 saturated carbocycles. The average Bonchev–Trinajstić information content (AvgIpc) is 3.09. The van der Waals surface area contributed by atoms with Crippen molar-refractivity contribution in [3.8, 4) is 0 Å². The number of carbonyl (C=O) groups excluding carboxylic acids is 1. The Hall–Kier alpha value is -2.25. The first-order valence-corrected chi connectivity index (χ1v) is 9.75. The van der Waals surface area contributed by atoms with Gasteiger partial charge in [-0.2, -0.15) is 0 Å². The predicted octanol–water partition coefficient (Wildman–Crippen LogP) is 1.67. The van der Waals surface area contributed by atoms with Gasteiger partial charge in [-0.3, -0.25) is 9.69 Å². The number of carbonyl (C=O) groups is 1. The van der Waals surface area contributed by atoms with E-state index in [-0.39, 0.29) is 11.8 Å². The number of piperidine rings is 1. The number of benzene rings is 1. The maximum atomic E-state index is 12.8. The summed E-state index contributed by atoms with van der Waals surface area (Å²) in [5.41, 5.74) is 0.754. The fourth-order valence-electron chi connectivity index (χ4n) is 3.96. The number of morpholine rings is 1. The van der Waals surface area contributed by atoms with Crippen LogP contribution in [0.15, 0.2) is 30.3 Å². The fraction of sp³-hybridized carbons (Fsp3) is 0.550. The molecule has 2 aliphatic rings. The molecule has 1 aromatic heterocycles. The van der Waals surface area contributed by atoms with E-state index >= 15 is 0 Å². The number of amides is 1. The molecule has 144 valence electrons. The molecule has 2 aromatic rings. The number of rotatable bonds is 4. The normalized spacial score (nSPS) is 21.4. The zero-order chi connectivity index (χ0) is 18.6. The van der Waals surface area contributed by atoms with E-state index in [1.165, 1.54) is 0 Å². The smallest absolute Gasteiger partial charge is 0.253 e. The van der Waals surface area contributed by atoms with E-state index in [0.717, 1.165) is 69.4 Å². The summed E-state index contributed by atoms with van der Waals surface area (Å²) in [6.07, 6.45) is 2.04. The van der Waals surface area contributed by atoms with Crippen LogP contribution in [-0.4, -0.2) is 69.9 Å². The second-order valence-corrected chi connectivity index (χ2v) is 7.38. The Kier molecular flexibility index (Phi) is 5.50. The van der Waals surface area contributed by atoms with Crippen LogP contribution in [0, 0.1) is 0 Å². The van der Waals surface area contributed by atoms with Crippen molar-refractivity contribution in [3.05, 3.63) is 47.5 Å². The largest absolute Gasteiger partial charge is 0.379 e. The highest BCUT2D eigenvalue weighted by atomic mass is 16.5. The van der Waals surface area contributed by atoms with Gasteiger partial charge >= 0.3 is 0 Å². The Bertz CT molecular complexity index is 770. The van der Waals surface area contributed by atoms with Crippen LogP contribution in [0.1, 0.15) is 40.8 Å². The third-order valence-corrected chi connectivity index (χ3v) is 5.56. The van der Waals surface area contributed by atoms with Crippen molar-refractivity contribution in [2.45, 2.75) is 25.3 Å². The molecule has 0 radical (unpaired) electrons. The van der Waals surface area contributed by atoms with E-state index in [4.69, 9.17) is 4.74 Å². The molecule has 3 heterocycles. The number of hydrogen-bond donors (Lipinski definition) is 0. The predicted molar refractivity (Wildman–Crippen MR) is 101 cm³/mol. The zero-order valence-corrected chi connectivity index (χ0v) is 15.9. The lowest BCUT2D eigenvalue weighted by molar-refractivity contribution is 0.0326. The SMILES string of the molecule is Cn1c(CN2CCOCC2)nnc1C1CCCN(C(=O)c2ccccc2)C1. The first-order valence-electron chi connectivity index (χ1n) is 9.75. The van der Waals surface area contributed by atoms with Crippen molar-refractivity contribution in [1.29, 1.82) is 0 Å². The molecule has 27 heavy (non-hydrogen) atoms. The molecule has 4 rings (SSSR count). The second-order valence-electron chi connectivity index (χ2n) is 7.38. The molecule has 1 amide bonds. The lowest BCUT2D eigenvalue weighted by Gasteiger charge is -2.32. The fourth-order valence-corrected chi connectivity index (χ4v) is 3.96. The molecular formula is C20H27N5O2. The van der Waals surface area contributed by atoms with Crippen molar-refractivity contribution in [2.75, 3.05) is 39.4 Å². The van der Waals surface area contributed by atoms with Crippen molar-refractivity contribution in [1.82, 2.24) is 24.6 Å². The number of aromatic nitrogens is 3. The van der Waals surface area contributed by atoms with Gasteiger partial charge in [0.2, 0.25) is 0 Å². The van der Waals surface area contributed by atoms with E-state index in [2.05, 4.69) is 19.7 Å². The first kappa shape index (κ1) is 18.1. The Labute approximate surface area is 159 Å². The molecule has 0 spiro atoms. The molecular weight excluding hydrogens is 342 g/mol. The van der Waals surface area contributed by atoms with Gasteiger partial charge in [-0.15, -0.1) is 10.2 Å². The van der Waals surface area contributed by atoms with Gasteiger partial charge in [0, 0.05) is 44.7 Å². The number of hydrogen-bond acceptors (Lipinski definition) is 5. The maximum absolute atomic E-state index is 12.8. The molecule has 2 aliphatic heterocycles.